The number of fused-ring (bicyclic) bond motifs is 1. The van der Waals surface area contributed by atoms with E-state index in [0.29, 0.717) is 24.6 Å². The molecule has 2 aromatic rings. The van der Waals surface area contributed by atoms with Crippen molar-refractivity contribution in [1.82, 2.24) is 19.7 Å². The minimum Gasteiger partial charge on any atom is -0.394 e. The molecule has 0 aromatic carbocycles. The molecular formula is C10H15N5O2. The second-order valence-corrected chi connectivity index (χ2v) is 3.78. The molecule has 0 aliphatic rings. The highest BCUT2D eigenvalue weighted by Crippen LogP contribution is 2.18. The molecule has 0 aliphatic carbocycles. The van der Waals surface area contributed by atoms with Crippen molar-refractivity contribution in [2.24, 2.45) is 0 Å². The van der Waals surface area contributed by atoms with Crippen molar-refractivity contribution < 1.29 is 10.2 Å². The van der Waals surface area contributed by atoms with Crippen LogP contribution >= 0.6 is 0 Å². The SMILES string of the molecule is CC(O)CNc1ncnc2c1cnn2CCO. The first-order chi connectivity index (χ1) is 8.22. The summed E-state index contributed by atoms with van der Waals surface area (Å²) in [6.45, 7) is 2.52. The van der Waals surface area contributed by atoms with Crippen molar-refractivity contribution >= 4 is 16.9 Å². The van der Waals surface area contributed by atoms with Crippen LogP contribution < -0.4 is 5.32 Å². The van der Waals surface area contributed by atoms with Gasteiger partial charge in [-0.2, -0.15) is 5.10 Å². The zero-order valence-electron chi connectivity index (χ0n) is 9.54. The van der Waals surface area contributed by atoms with Crippen molar-refractivity contribution in [1.29, 1.82) is 0 Å². The number of aromatic nitrogens is 4. The molecule has 2 aromatic heterocycles. The Labute approximate surface area is 98.1 Å². The molecule has 0 aliphatic heterocycles. The molecule has 0 fully saturated rings. The monoisotopic (exact) mass is 237 g/mol. The number of aliphatic hydroxyl groups excluding tert-OH is 2. The molecule has 92 valence electrons. The zero-order valence-corrected chi connectivity index (χ0v) is 9.54. The third-order valence-corrected chi connectivity index (χ3v) is 2.31. The van der Waals surface area contributed by atoms with Gasteiger partial charge in [-0.05, 0) is 6.92 Å². The van der Waals surface area contributed by atoms with Crippen LogP contribution in [0.5, 0.6) is 0 Å². The van der Waals surface area contributed by atoms with Crippen molar-refractivity contribution in [2.75, 3.05) is 18.5 Å². The van der Waals surface area contributed by atoms with E-state index >= 15 is 0 Å². The molecule has 0 radical (unpaired) electrons. The molecule has 3 N–H and O–H groups in total. The van der Waals surface area contributed by atoms with Gasteiger partial charge in [0.15, 0.2) is 5.65 Å². The Morgan fingerprint density at radius 2 is 2.29 bits per heavy atom. The van der Waals surface area contributed by atoms with Crippen LogP contribution in [-0.2, 0) is 6.54 Å². The van der Waals surface area contributed by atoms with E-state index in [-0.39, 0.29) is 6.61 Å². The summed E-state index contributed by atoms with van der Waals surface area (Å²) in [7, 11) is 0. The van der Waals surface area contributed by atoms with E-state index in [9.17, 15) is 5.11 Å². The van der Waals surface area contributed by atoms with Gasteiger partial charge >= 0.3 is 0 Å². The zero-order chi connectivity index (χ0) is 12.3. The Morgan fingerprint density at radius 3 is 3.00 bits per heavy atom. The van der Waals surface area contributed by atoms with Crippen molar-refractivity contribution in [3.63, 3.8) is 0 Å². The van der Waals surface area contributed by atoms with E-state index < -0.39 is 6.10 Å². The average molecular weight is 237 g/mol. The highest BCUT2D eigenvalue weighted by molar-refractivity contribution is 5.85. The van der Waals surface area contributed by atoms with Crippen molar-refractivity contribution in [3.05, 3.63) is 12.5 Å². The molecular weight excluding hydrogens is 222 g/mol. The van der Waals surface area contributed by atoms with Gasteiger partial charge in [-0.3, -0.25) is 0 Å². The van der Waals surface area contributed by atoms with E-state index in [1.807, 2.05) is 0 Å². The summed E-state index contributed by atoms with van der Waals surface area (Å²) < 4.78 is 1.62. The maximum atomic E-state index is 9.22. The van der Waals surface area contributed by atoms with Gasteiger partial charge in [-0.25, -0.2) is 14.6 Å². The second kappa shape index (κ2) is 5.07. The van der Waals surface area contributed by atoms with E-state index in [0.717, 1.165) is 5.39 Å². The first-order valence-electron chi connectivity index (χ1n) is 5.41. The standard InChI is InChI=1S/C10H15N5O2/c1-7(17)4-11-9-8-5-14-15(2-3-16)10(8)13-6-12-9/h5-7,16-17H,2-4H2,1H3,(H,11,12,13). The second-order valence-electron chi connectivity index (χ2n) is 3.78. The Hall–Kier alpha value is -1.73. The fourth-order valence-corrected chi connectivity index (χ4v) is 1.54. The lowest BCUT2D eigenvalue weighted by Gasteiger charge is -2.08. The summed E-state index contributed by atoms with van der Waals surface area (Å²) in [4.78, 5) is 8.23. The number of nitrogens with zero attached hydrogens (tertiary/aromatic N) is 4. The molecule has 2 heterocycles. The van der Waals surface area contributed by atoms with Gasteiger partial charge in [0.2, 0.25) is 0 Å². The Balaban J connectivity index is 2.31. The topological polar surface area (TPSA) is 96.1 Å². The minimum atomic E-state index is -0.451. The van der Waals surface area contributed by atoms with Crippen molar-refractivity contribution in [2.45, 2.75) is 19.6 Å². The van der Waals surface area contributed by atoms with E-state index in [1.54, 1.807) is 17.8 Å². The van der Waals surface area contributed by atoms with Crippen LogP contribution in [0.25, 0.3) is 11.0 Å². The van der Waals surface area contributed by atoms with Gasteiger partial charge in [-0.15, -0.1) is 0 Å². The summed E-state index contributed by atoms with van der Waals surface area (Å²) >= 11 is 0. The largest absolute Gasteiger partial charge is 0.394 e. The van der Waals surface area contributed by atoms with Crippen LogP contribution in [0, 0.1) is 0 Å². The average Bonchev–Trinajstić information content (AvgIpc) is 2.71. The van der Waals surface area contributed by atoms with E-state index in [4.69, 9.17) is 5.11 Å². The van der Waals surface area contributed by atoms with Crippen molar-refractivity contribution in [3.8, 4) is 0 Å². The summed E-state index contributed by atoms with van der Waals surface area (Å²) in [5.74, 6) is 0.639. The molecule has 7 nitrogen and oxygen atoms in total. The summed E-state index contributed by atoms with van der Waals surface area (Å²) in [5.41, 5.74) is 0.669. The molecule has 17 heavy (non-hydrogen) atoms. The Morgan fingerprint density at radius 1 is 1.47 bits per heavy atom. The minimum absolute atomic E-state index is 0.0111. The van der Waals surface area contributed by atoms with Gasteiger partial charge < -0.3 is 15.5 Å². The van der Waals surface area contributed by atoms with Crippen LogP contribution in [0.2, 0.25) is 0 Å². The van der Waals surface area contributed by atoms with E-state index in [2.05, 4.69) is 20.4 Å². The molecule has 2 rings (SSSR count). The Bertz CT molecular complexity index is 496. The quantitative estimate of drug-likeness (QED) is 0.655. The molecule has 1 atom stereocenters. The van der Waals surface area contributed by atoms with Gasteiger partial charge in [0, 0.05) is 6.54 Å². The fraction of sp³-hybridized carbons (Fsp3) is 0.500. The molecule has 0 bridgehead atoms. The lowest BCUT2D eigenvalue weighted by molar-refractivity contribution is 0.208. The van der Waals surface area contributed by atoms with Crippen LogP contribution in [0.15, 0.2) is 12.5 Å². The summed E-state index contributed by atoms with van der Waals surface area (Å²) in [5, 5.41) is 26.0. The number of hydrogen-bond acceptors (Lipinski definition) is 6. The predicted molar refractivity (Wildman–Crippen MR) is 62.6 cm³/mol. The van der Waals surface area contributed by atoms with E-state index in [1.165, 1.54) is 6.33 Å². The number of hydrogen-bond donors (Lipinski definition) is 3. The van der Waals surface area contributed by atoms with Crippen LogP contribution in [0.3, 0.4) is 0 Å². The molecule has 0 saturated heterocycles. The van der Waals surface area contributed by atoms with Gasteiger partial charge in [0.1, 0.15) is 12.1 Å². The molecule has 0 saturated carbocycles. The highest BCUT2D eigenvalue weighted by Gasteiger charge is 2.09. The lowest BCUT2D eigenvalue weighted by Crippen LogP contribution is -2.16. The molecule has 0 amide bonds. The van der Waals surface area contributed by atoms with Crippen LogP contribution in [-0.4, -0.2) is 49.2 Å². The first-order valence-corrected chi connectivity index (χ1v) is 5.41. The van der Waals surface area contributed by atoms with Crippen LogP contribution in [0.4, 0.5) is 5.82 Å². The highest BCUT2D eigenvalue weighted by atomic mass is 16.3. The lowest BCUT2D eigenvalue weighted by atomic mass is 10.3. The first kappa shape index (κ1) is 11.7. The summed E-state index contributed by atoms with van der Waals surface area (Å²) in [6.07, 6.45) is 2.63. The maximum Gasteiger partial charge on any atom is 0.163 e. The summed E-state index contributed by atoms with van der Waals surface area (Å²) in [6, 6.07) is 0. The molecule has 0 spiro atoms. The van der Waals surface area contributed by atoms with Gasteiger partial charge in [0.05, 0.1) is 30.8 Å². The Kier molecular flexibility index (Phi) is 3.50. The third kappa shape index (κ3) is 2.51. The number of anilines is 1. The molecule has 1 unspecified atom stereocenters. The third-order valence-electron chi connectivity index (χ3n) is 2.31. The van der Waals surface area contributed by atoms with Gasteiger partial charge in [0.25, 0.3) is 0 Å². The fourth-order valence-electron chi connectivity index (χ4n) is 1.54. The normalized spacial score (nSPS) is 12.9. The number of aliphatic hydroxyl groups is 2. The maximum absolute atomic E-state index is 9.22. The smallest absolute Gasteiger partial charge is 0.163 e. The van der Waals surface area contributed by atoms with Crippen LogP contribution in [0.1, 0.15) is 6.92 Å². The molecule has 7 heteroatoms. The number of rotatable bonds is 5. The van der Waals surface area contributed by atoms with Gasteiger partial charge in [-0.1, -0.05) is 0 Å². The predicted octanol–water partition coefficient (Wildman–Crippen LogP) is -0.389. The number of nitrogens with one attached hydrogen (secondary N) is 1.